The quantitative estimate of drug-likeness (QED) is 0.666. The minimum absolute atomic E-state index is 0.0747. The topological polar surface area (TPSA) is 72.2 Å². The van der Waals surface area contributed by atoms with Gasteiger partial charge >= 0.3 is 0 Å². The number of anilines is 1. The molecule has 0 saturated carbocycles. The molecule has 0 aliphatic heterocycles. The number of para-hydroxylation sites is 1. The Kier molecular flexibility index (Phi) is 5.42. The van der Waals surface area contributed by atoms with Gasteiger partial charge in [0.15, 0.2) is 0 Å². The Morgan fingerprint density at radius 1 is 1.12 bits per heavy atom. The Bertz CT molecular complexity index is 758. The Balaban J connectivity index is 1.61. The predicted molar refractivity (Wildman–Crippen MR) is 91.7 cm³/mol. The van der Waals surface area contributed by atoms with E-state index in [1.807, 2.05) is 48.7 Å². The van der Waals surface area contributed by atoms with Gasteiger partial charge in [0.2, 0.25) is 0 Å². The zero-order chi connectivity index (χ0) is 16.6. The number of nitrogens with zero attached hydrogens (tertiary/aromatic N) is 3. The summed E-state index contributed by atoms with van der Waals surface area (Å²) < 4.78 is 7.60. The molecule has 6 nitrogen and oxygen atoms in total. The van der Waals surface area contributed by atoms with Crippen LogP contribution in [0.5, 0.6) is 5.75 Å². The van der Waals surface area contributed by atoms with Crippen LogP contribution in [-0.2, 0) is 19.7 Å². The highest BCUT2D eigenvalue weighted by atomic mass is 16.5. The highest BCUT2D eigenvalue weighted by Gasteiger charge is 2.05. The van der Waals surface area contributed by atoms with Gasteiger partial charge in [0.25, 0.3) is 0 Å². The predicted octanol–water partition coefficient (Wildman–Crippen LogP) is 2.46. The Hall–Kier alpha value is -2.86. The maximum Gasteiger partial charge on any atom is 0.130 e. The van der Waals surface area contributed by atoms with E-state index in [4.69, 9.17) is 9.84 Å². The molecule has 0 unspecified atom stereocenters. The molecule has 24 heavy (non-hydrogen) atoms. The number of benzene rings is 1. The molecular weight excluding hydrogens is 304 g/mol. The molecule has 2 aromatic heterocycles. The number of nitrogens with one attached hydrogen (secondary N) is 1. The van der Waals surface area contributed by atoms with Crippen molar-refractivity contribution < 1.29 is 9.84 Å². The normalized spacial score (nSPS) is 10.5. The van der Waals surface area contributed by atoms with E-state index in [1.54, 1.807) is 17.1 Å². The summed E-state index contributed by atoms with van der Waals surface area (Å²) in [5.41, 5.74) is 2.86. The molecule has 0 radical (unpaired) electrons. The minimum atomic E-state index is 0.0747. The van der Waals surface area contributed by atoms with E-state index in [2.05, 4.69) is 15.4 Å². The summed E-state index contributed by atoms with van der Waals surface area (Å²) in [5.74, 6) is 0.832. The van der Waals surface area contributed by atoms with Crippen LogP contribution in [-0.4, -0.2) is 26.5 Å². The van der Waals surface area contributed by atoms with Crippen molar-refractivity contribution in [1.29, 1.82) is 0 Å². The fraction of sp³-hybridized carbons (Fsp3) is 0.222. The Labute approximate surface area is 140 Å². The van der Waals surface area contributed by atoms with Crippen LogP contribution in [0.1, 0.15) is 11.3 Å². The first-order valence-corrected chi connectivity index (χ1v) is 7.83. The monoisotopic (exact) mass is 324 g/mol. The second-order valence-electron chi connectivity index (χ2n) is 5.29. The summed E-state index contributed by atoms with van der Waals surface area (Å²) in [6.45, 7) is 1.63. The number of ether oxygens (including phenoxy) is 1. The van der Waals surface area contributed by atoms with E-state index in [9.17, 15) is 0 Å². The number of hydrogen-bond donors (Lipinski definition) is 2. The summed E-state index contributed by atoms with van der Waals surface area (Å²) in [4.78, 5) is 4.27. The summed E-state index contributed by atoms with van der Waals surface area (Å²) in [6, 6.07) is 13.7. The zero-order valence-electron chi connectivity index (χ0n) is 13.3. The van der Waals surface area contributed by atoms with Gasteiger partial charge in [0.05, 0.1) is 30.7 Å². The van der Waals surface area contributed by atoms with Crippen molar-refractivity contribution in [3.63, 3.8) is 0 Å². The van der Waals surface area contributed by atoms with Gasteiger partial charge in [0, 0.05) is 24.5 Å². The second kappa shape index (κ2) is 8.12. The molecule has 1 aromatic carbocycles. The second-order valence-corrected chi connectivity index (χ2v) is 5.29. The lowest BCUT2D eigenvalue weighted by atomic mass is 10.2. The molecule has 0 saturated heterocycles. The van der Waals surface area contributed by atoms with Gasteiger partial charge in [-0.15, -0.1) is 0 Å². The maximum atomic E-state index is 8.92. The van der Waals surface area contributed by atoms with Crippen LogP contribution in [0, 0.1) is 0 Å². The largest absolute Gasteiger partial charge is 0.487 e. The summed E-state index contributed by atoms with van der Waals surface area (Å²) >= 11 is 0. The third-order valence-electron chi connectivity index (χ3n) is 3.52. The van der Waals surface area contributed by atoms with E-state index in [1.165, 1.54) is 0 Å². The number of hydrogen-bond acceptors (Lipinski definition) is 5. The SMILES string of the molecule is OCCn1cc(NCc2ccccc2OCc2ccccn2)cn1. The number of aromatic nitrogens is 3. The molecule has 3 rings (SSSR count). The molecule has 0 aliphatic carbocycles. The average molecular weight is 324 g/mol. The molecule has 0 amide bonds. The average Bonchev–Trinajstić information content (AvgIpc) is 3.08. The van der Waals surface area contributed by atoms with E-state index in [-0.39, 0.29) is 6.61 Å². The Morgan fingerprint density at radius 2 is 2.00 bits per heavy atom. The lowest BCUT2D eigenvalue weighted by Gasteiger charge is -2.12. The van der Waals surface area contributed by atoms with Gasteiger partial charge in [-0.05, 0) is 18.2 Å². The van der Waals surface area contributed by atoms with Crippen molar-refractivity contribution in [1.82, 2.24) is 14.8 Å². The van der Waals surface area contributed by atoms with Gasteiger partial charge in [-0.1, -0.05) is 24.3 Å². The van der Waals surface area contributed by atoms with Gasteiger partial charge in [-0.2, -0.15) is 5.10 Å². The van der Waals surface area contributed by atoms with Crippen LogP contribution in [0.25, 0.3) is 0 Å². The highest BCUT2D eigenvalue weighted by Crippen LogP contribution is 2.20. The first-order chi connectivity index (χ1) is 11.8. The van der Waals surface area contributed by atoms with E-state index >= 15 is 0 Å². The molecule has 0 spiro atoms. The molecule has 0 aliphatic rings. The van der Waals surface area contributed by atoms with Gasteiger partial charge in [-0.3, -0.25) is 9.67 Å². The summed E-state index contributed by atoms with van der Waals surface area (Å²) in [7, 11) is 0. The molecule has 2 N–H and O–H groups in total. The fourth-order valence-electron chi connectivity index (χ4n) is 2.30. The smallest absolute Gasteiger partial charge is 0.130 e. The van der Waals surface area contributed by atoms with E-state index in [0.717, 1.165) is 22.7 Å². The van der Waals surface area contributed by atoms with Crippen molar-refractivity contribution >= 4 is 5.69 Å². The molecule has 3 aromatic rings. The van der Waals surface area contributed by atoms with Gasteiger partial charge in [0.1, 0.15) is 12.4 Å². The molecule has 0 atom stereocenters. The van der Waals surface area contributed by atoms with E-state index in [0.29, 0.717) is 19.7 Å². The zero-order valence-corrected chi connectivity index (χ0v) is 13.3. The van der Waals surface area contributed by atoms with Crippen LogP contribution in [0.15, 0.2) is 61.1 Å². The molecular formula is C18H20N4O2. The van der Waals surface area contributed by atoms with E-state index < -0.39 is 0 Å². The molecule has 0 fully saturated rings. The minimum Gasteiger partial charge on any atom is -0.487 e. The maximum absolute atomic E-state index is 8.92. The summed E-state index contributed by atoms with van der Waals surface area (Å²) in [5, 5.41) is 16.4. The number of rotatable bonds is 8. The first kappa shape index (κ1) is 16.0. The number of aliphatic hydroxyl groups excluding tert-OH is 1. The van der Waals surface area contributed by atoms with Crippen LogP contribution < -0.4 is 10.1 Å². The first-order valence-electron chi connectivity index (χ1n) is 7.83. The molecule has 6 heteroatoms. The van der Waals surface area contributed by atoms with Crippen LogP contribution in [0.2, 0.25) is 0 Å². The van der Waals surface area contributed by atoms with Crippen LogP contribution >= 0.6 is 0 Å². The molecule has 0 bridgehead atoms. The van der Waals surface area contributed by atoms with Crippen LogP contribution in [0.3, 0.4) is 0 Å². The standard InChI is InChI=1S/C18H20N4O2/c23-10-9-22-13-17(12-21-22)20-11-15-5-1-2-7-18(15)24-14-16-6-3-4-8-19-16/h1-8,12-13,20,23H,9-11,14H2. The Morgan fingerprint density at radius 3 is 2.83 bits per heavy atom. The summed E-state index contributed by atoms with van der Waals surface area (Å²) in [6.07, 6.45) is 5.37. The lowest BCUT2D eigenvalue weighted by molar-refractivity contribution is 0.269. The molecule has 124 valence electrons. The van der Waals surface area contributed by atoms with Crippen molar-refractivity contribution in [2.45, 2.75) is 19.7 Å². The van der Waals surface area contributed by atoms with Crippen LogP contribution in [0.4, 0.5) is 5.69 Å². The van der Waals surface area contributed by atoms with Crippen molar-refractivity contribution in [2.24, 2.45) is 0 Å². The van der Waals surface area contributed by atoms with Crippen molar-refractivity contribution in [3.8, 4) is 5.75 Å². The van der Waals surface area contributed by atoms with Crippen molar-refractivity contribution in [3.05, 3.63) is 72.3 Å². The lowest BCUT2D eigenvalue weighted by Crippen LogP contribution is -2.04. The van der Waals surface area contributed by atoms with Crippen molar-refractivity contribution in [2.75, 3.05) is 11.9 Å². The third kappa shape index (κ3) is 4.33. The highest BCUT2D eigenvalue weighted by molar-refractivity contribution is 5.42. The third-order valence-corrected chi connectivity index (χ3v) is 3.52. The molecule has 2 heterocycles. The fourth-order valence-corrected chi connectivity index (χ4v) is 2.30. The number of pyridine rings is 1. The van der Waals surface area contributed by atoms with Gasteiger partial charge < -0.3 is 15.2 Å². The number of aliphatic hydroxyl groups is 1. The van der Waals surface area contributed by atoms with Gasteiger partial charge in [-0.25, -0.2) is 0 Å².